The number of imidazole rings is 2. The quantitative estimate of drug-likeness (QED) is 0.690. The molecule has 0 aliphatic heterocycles. The first-order valence-corrected chi connectivity index (χ1v) is 4.89. The van der Waals surface area contributed by atoms with Crippen LogP contribution in [0.15, 0.2) is 37.1 Å². The summed E-state index contributed by atoms with van der Waals surface area (Å²) < 4.78 is 3.58. The van der Waals surface area contributed by atoms with Gasteiger partial charge in [0, 0.05) is 19.4 Å². The van der Waals surface area contributed by atoms with Crippen LogP contribution in [0.2, 0.25) is 0 Å². The van der Waals surface area contributed by atoms with Gasteiger partial charge in [0.25, 0.3) is 0 Å². The maximum Gasteiger partial charge on any atom is 0.158 e. The molecule has 0 saturated heterocycles. The van der Waals surface area contributed by atoms with Crippen molar-refractivity contribution in [2.75, 3.05) is 12.4 Å². The molecule has 0 aliphatic carbocycles. The van der Waals surface area contributed by atoms with Crippen molar-refractivity contribution in [2.45, 2.75) is 0 Å². The average Bonchev–Trinajstić information content (AvgIpc) is 2.96. The third-order valence-electron chi connectivity index (χ3n) is 2.33. The van der Waals surface area contributed by atoms with E-state index in [4.69, 9.17) is 0 Å². The number of anilines is 1. The molecule has 0 radical (unpaired) electrons. The van der Waals surface area contributed by atoms with Crippen LogP contribution in [0.3, 0.4) is 0 Å². The highest BCUT2D eigenvalue weighted by Gasteiger charge is 2.03. The summed E-state index contributed by atoms with van der Waals surface area (Å²) in [5.74, 6) is 1.61. The predicted octanol–water partition coefficient (Wildman–Crippen LogP) is 0.957. The zero-order chi connectivity index (χ0) is 11.0. The molecule has 6 nitrogen and oxygen atoms in total. The molecule has 0 bridgehead atoms. The maximum atomic E-state index is 4.42. The van der Waals surface area contributed by atoms with Crippen LogP contribution in [-0.4, -0.2) is 31.2 Å². The Balaban J connectivity index is 2.15. The Kier molecular flexibility index (Phi) is 1.86. The minimum Gasteiger partial charge on any atom is -0.372 e. The lowest BCUT2D eigenvalue weighted by Gasteiger charge is -2.00. The van der Waals surface area contributed by atoms with E-state index in [2.05, 4.69) is 20.4 Å². The van der Waals surface area contributed by atoms with Gasteiger partial charge in [0.15, 0.2) is 11.5 Å². The average molecular weight is 214 g/mol. The van der Waals surface area contributed by atoms with E-state index in [1.165, 1.54) is 0 Å². The SMILES string of the molecule is CNc1cn2nc(-n3ccnc3)ccc2n1. The van der Waals surface area contributed by atoms with Crippen LogP contribution in [0, 0.1) is 0 Å². The number of aromatic nitrogens is 5. The lowest BCUT2D eigenvalue weighted by molar-refractivity contribution is 0.864. The Morgan fingerprint density at radius 1 is 1.31 bits per heavy atom. The summed E-state index contributed by atoms with van der Waals surface area (Å²) in [5.41, 5.74) is 0.813. The smallest absolute Gasteiger partial charge is 0.158 e. The van der Waals surface area contributed by atoms with Crippen LogP contribution >= 0.6 is 0 Å². The van der Waals surface area contributed by atoms with E-state index < -0.39 is 0 Å². The van der Waals surface area contributed by atoms with Crippen LogP contribution in [0.5, 0.6) is 0 Å². The van der Waals surface area contributed by atoms with Crippen LogP contribution in [0.25, 0.3) is 11.5 Å². The number of hydrogen-bond acceptors (Lipinski definition) is 4. The molecule has 0 atom stereocenters. The molecule has 0 aromatic carbocycles. The molecular formula is C10H10N6. The van der Waals surface area contributed by atoms with Crippen molar-refractivity contribution in [1.29, 1.82) is 0 Å². The lowest BCUT2D eigenvalue weighted by Crippen LogP contribution is -1.99. The first-order chi connectivity index (χ1) is 7.86. The van der Waals surface area contributed by atoms with E-state index in [1.54, 1.807) is 17.0 Å². The van der Waals surface area contributed by atoms with Crippen molar-refractivity contribution in [1.82, 2.24) is 24.1 Å². The van der Waals surface area contributed by atoms with Gasteiger partial charge in [-0.15, -0.1) is 5.10 Å². The number of hydrogen-bond donors (Lipinski definition) is 1. The topological polar surface area (TPSA) is 60.0 Å². The van der Waals surface area contributed by atoms with Crippen LogP contribution in [-0.2, 0) is 0 Å². The summed E-state index contributed by atoms with van der Waals surface area (Å²) in [6.07, 6.45) is 7.13. The highest BCUT2D eigenvalue weighted by Crippen LogP contribution is 2.10. The van der Waals surface area contributed by atoms with Gasteiger partial charge in [-0.3, -0.25) is 4.57 Å². The fraction of sp³-hybridized carbons (Fsp3) is 0.100. The third kappa shape index (κ3) is 1.31. The standard InChI is InChI=1S/C10H10N6/c1-11-8-6-16-9(13-8)2-3-10(14-16)15-5-4-12-7-15/h2-7,11H,1H3. The van der Waals surface area contributed by atoms with Crippen LogP contribution < -0.4 is 5.32 Å². The lowest BCUT2D eigenvalue weighted by atomic mass is 10.5. The molecule has 3 aromatic heterocycles. The Morgan fingerprint density at radius 2 is 2.25 bits per heavy atom. The van der Waals surface area contributed by atoms with E-state index in [0.29, 0.717) is 0 Å². The van der Waals surface area contributed by atoms with Crippen molar-refractivity contribution < 1.29 is 0 Å². The molecule has 0 saturated carbocycles. The van der Waals surface area contributed by atoms with Gasteiger partial charge in [-0.25, -0.2) is 14.5 Å². The van der Waals surface area contributed by atoms with E-state index in [0.717, 1.165) is 17.3 Å². The van der Waals surface area contributed by atoms with Crippen molar-refractivity contribution in [3.8, 4) is 5.82 Å². The monoisotopic (exact) mass is 214 g/mol. The second kappa shape index (κ2) is 3.34. The fourth-order valence-electron chi connectivity index (χ4n) is 1.52. The number of rotatable bonds is 2. The van der Waals surface area contributed by atoms with Crippen LogP contribution in [0.1, 0.15) is 0 Å². The molecule has 3 heterocycles. The summed E-state index contributed by atoms with van der Waals surface area (Å²) in [7, 11) is 1.83. The normalized spacial score (nSPS) is 10.8. The van der Waals surface area contributed by atoms with Gasteiger partial charge in [0.1, 0.15) is 12.1 Å². The molecule has 3 rings (SSSR count). The van der Waals surface area contributed by atoms with Crippen molar-refractivity contribution in [3.05, 3.63) is 37.1 Å². The Bertz CT molecular complexity index is 609. The Morgan fingerprint density at radius 3 is 3.00 bits per heavy atom. The van der Waals surface area contributed by atoms with E-state index in [-0.39, 0.29) is 0 Å². The Hall–Kier alpha value is -2.37. The van der Waals surface area contributed by atoms with Crippen molar-refractivity contribution in [2.24, 2.45) is 0 Å². The molecule has 80 valence electrons. The number of nitrogens with one attached hydrogen (secondary N) is 1. The summed E-state index contributed by atoms with van der Waals surface area (Å²) in [4.78, 5) is 8.30. The number of fused-ring (bicyclic) bond motifs is 1. The van der Waals surface area contributed by atoms with E-state index >= 15 is 0 Å². The second-order valence-electron chi connectivity index (χ2n) is 3.34. The highest BCUT2D eigenvalue weighted by molar-refractivity contribution is 5.48. The van der Waals surface area contributed by atoms with Gasteiger partial charge < -0.3 is 5.32 Å². The van der Waals surface area contributed by atoms with Crippen molar-refractivity contribution >= 4 is 11.5 Å². The molecular weight excluding hydrogens is 204 g/mol. The minimum absolute atomic E-state index is 0.801. The molecule has 6 heteroatoms. The molecule has 0 spiro atoms. The summed E-state index contributed by atoms with van der Waals surface area (Å²) in [6.45, 7) is 0. The summed E-state index contributed by atoms with van der Waals surface area (Å²) >= 11 is 0. The van der Waals surface area contributed by atoms with Crippen molar-refractivity contribution in [3.63, 3.8) is 0 Å². The van der Waals surface area contributed by atoms with Gasteiger partial charge in [-0.2, -0.15) is 0 Å². The second-order valence-corrected chi connectivity index (χ2v) is 3.34. The number of nitrogens with zero attached hydrogens (tertiary/aromatic N) is 5. The minimum atomic E-state index is 0.801. The highest BCUT2D eigenvalue weighted by atomic mass is 15.3. The molecule has 1 N–H and O–H groups in total. The van der Waals surface area contributed by atoms with Gasteiger partial charge >= 0.3 is 0 Å². The first-order valence-electron chi connectivity index (χ1n) is 4.89. The zero-order valence-corrected chi connectivity index (χ0v) is 8.70. The molecule has 16 heavy (non-hydrogen) atoms. The summed E-state index contributed by atoms with van der Waals surface area (Å²) in [5, 5.41) is 7.40. The van der Waals surface area contributed by atoms with E-state index in [9.17, 15) is 0 Å². The molecule has 0 fully saturated rings. The Labute approximate surface area is 91.6 Å². The molecule has 0 amide bonds. The fourth-order valence-corrected chi connectivity index (χ4v) is 1.52. The molecule has 3 aromatic rings. The molecule has 0 unspecified atom stereocenters. The maximum absolute atomic E-state index is 4.42. The zero-order valence-electron chi connectivity index (χ0n) is 8.70. The largest absolute Gasteiger partial charge is 0.372 e. The van der Waals surface area contributed by atoms with Gasteiger partial charge in [0.05, 0.1) is 6.20 Å². The van der Waals surface area contributed by atoms with Gasteiger partial charge in [-0.05, 0) is 12.1 Å². The van der Waals surface area contributed by atoms with E-state index in [1.807, 2.05) is 36.1 Å². The predicted molar refractivity (Wildman–Crippen MR) is 59.7 cm³/mol. The molecule has 0 aliphatic rings. The van der Waals surface area contributed by atoms with Gasteiger partial charge in [0.2, 0.25) is 0 Å². The van der Waals surface area contributed by atoms with Gasteiger partial charge in [-0.1, -0.05) is 0 Å². The summed E-state index contributed by atoms with van der Waals surface area (Å²) in [6, 6.07) is 3.83. The van der Waals surface area contributed by atoms with Crippen LogP contribution in [0.4, 0.5) is 5.82 Å². The first kappa shape index (κ1) is 8.90. The third-order valence-corrected chi connectivity index (χ3v) is 2.33.